The van der Waals surface area contributed by atoms with Crippen LogP contribution in [0.1, 0.15) is 117 Å². The summed E-state index contributed by atoms with van der Waals surface area (Å²) in [6.07, 6.45) is 0.565. The summed E-state index contributed by atoms with van der Waals surface area (Å²) in [5.74, 6) is -1.55. The Hall–Kier alpha value is -1.07. The standard InChI is InChI=1S/2C22H35NO6.3CH4.I2.HI/c2*1-11-8-16-18(15(10-23(6)7)21(26)29-16)20(28-14(4)25)22(5)17(27-13(3)24)9-12(2)19(11)22;;;;1-2;/h2*11-12,15-20H,8-10H2,1-7H3;3*1H4;;1H/p+1/t2*11-,12+,15-,16+,17+,18-,19-,20+,22-;;;;;/m11...../s1. The van der Waals surface area contributed by atoms with Gasteiger partial charge in [-0.05, 0) is 75.3 Å². The van der Waals surface area contributed by atoms with E-state index < -0.39 is 23.0 Å². The molecule has 17 heteroatoms. The van der Waals surface area contributed by atoms with Crippen LogP contribution in [-0.2, 0) is 57.2 Å². The lowest BCUT2D eigenvalue weighted by Crippen LogP contribution is -3.06. The summed E-state index contributed by atoms with van der Waals surface area (Å²) in [7, 11) is 7.85. The fraction of sp³-hybridized carbons (Fsp3) is 0.872. The number of hydrogen-bond donors (Lipinski definition) is 1. The van der Waals surface area contributed by atoms with Crippen LogP contribution < -0.4 is 4.90 Å². The van der Waals surface area contributed by atoms with Crippen molar-refractivity contribution in [3.63, 3.8) is 0 Å². The number of quaternary nitrogens is 1. The van der Waals surface area contributed by atoms with E-state index in [1.807, 2.05) is 33.1 Å². The highest BCUT2D eigenvalue weighted by atomic mass is 128. The minimum Gasteiger partial charge on any atom is -0.462 e. The highest BCUT2D eigenvalue weighted by Crippen LogP contribution is 2.62. The summed E-state index contributed by atoms with van der Waals surface area (Å²) in [6, 6.07) is 0. The predicted octanol–water partition coefficient (Wildman–Crippen LogP) is 7.42. The molecule has 6 rings (SSSR count). The Balaban J connectivity index is 0.00000113. The number of carbonyl (C=O) groups excluding carboxylic acids is 6. The monoisotopic (exact) mass is 1250 g/mol. The second kappa shape index (κ2) is 25.5. The quantitative estimate of drug-likeness (QED) is 0.145. The van der Waals surface area contributed by atoms with Crippen molar-refractivity contribution >= 4 is 97.0 Å². The molecule has 0 spiro atoms. The van der Waals surface area contributed by atoms with Gasteiger partial charge in [0.2, 0.25) is 0 Å². The molecule has 0 aromatic rings. The van der Waals surface area contributed by atoms with Crippen molar-refractivity contribution in [1.82, 2.24) is 4.90 Å². The summed E-state index contributed by atoms with van der Waals surface area (Å²) < 4.78 is 35.3. The van der Waals surface area contributed by atoms with E-state index in [2.05, 4.69) is 78.8 Å². The fourth-order valence-electron chi connectivity index (χ4n) is 13.5. The van der Waals surface area contributed by atoms with Crippen LogP contribution in [0.15, 0.2) is 0 Å². The molecule has 4 aliphatic carbocycles. The van der Waals surface area contributed by atoms with E-state index in [0.29, 0.717) is 24.9 Å². The second-order valence-electron chi connectivity index (χ2n) is 19.9. The van der Waals surface area contributed by atoms with Gasteiger partial charge >= 0.3 is 35.8 Å². The average Bonchev–Trinajstić information content (AvgIpc) is 3.71. The lowest BCUT2D eigenvalue weighted by molar-refractivity contribution is -0.861. The van der Waals surface area contributed by atoms with Gasteiger partial charge in [0.25, 0.3) is 0 Å². The first-order valence-electron chi connectivity index (χ1n) is 21.6. The summed E-state index contributed by atoms with van der Waals surface area (Å²) >= 11 is 4.24. The van der Waals surface area contributed by atoms with Crippen molar-refractivity contribution in [1.29, 1.82) is 0 Å². The average molecular weight is 1250 g/mol. The zero-order valence-electron chi connectivity index (χ0n) is 38.5. The fourth-order valence-corrected chi connectivity index (χ4v) is 13.5. The molecule has 18 atom stereocenters. The Morgan fingerprint density at radius 1 is 0.625 bits per heavy atom. The maximum absolute atomic E-state index is 12.8. The molecular formula is C47H84I3N2O12+. The van der Waals surface area contributed by atoms with Crippen LogP contribution in [0.25, 0.3) is 0 Å². The molecule has 1 N–H and O–H groups in total. The van der Waals surface area contributed by atoms with Gasteiger partial charge < -0.3 is 38.2 Å². The number of nitrogens with one attached hydrogen (secondary N) is 1. The van der Waals surface area contributed by atoms with E-state index in [4.69, 9.17) is 28.4 Å². The number of halogens is 3. The molecule has 0 aromatic carbocycles. The topological polar surface area (TPSA) is 165 Å². The minimum absolute atomic E-state index is 0. The molecule has 2 heterocycles. The van der Waals surface area contributed by atoms with E-state index in [9.17, 15) is 28.8 Å². The van der Waals surface area contributed by atoms with E-state index in [1.54, 1.807) is 0 Å². The first kappa shape index (κ1) is 62.9. The molecule has 14 nitrogen and oxygen atoms in total. The van der Waals surface area contributed by atoms with Crippen LogP contribution in [0.5, 0.6) is 0 Å². The van der Waals surface area contributed by atoms with Gasteiger partial charge in [-0.1, -0.05) is 63.8 Å². The van der Waals surface area contributed by atoms with Crippen LogP contribution in [0.4, 0.5) is 0 Å². The van der Waals surface area contributed by atoms with Crippen molar-refractivity contribution in [2.24, 2.45) is 70.0 Å². The van der Waals surface area contributed by atoms with Crippen LogP contribution in [0, 0.1) is 70.0 Å². The van der Waals surface area contributed by atoms with Crippen LogP contribution in [-0.4, -0.2) is 119 Å². The van der Waals surface area contributed by atoms with Crippen molar-refractivity contribution < 1.29 is 62.1 Å². The summed E-state index contributed by atoms with van der Waals surface area (Å²) in [6.45, 7) is 19.7. The highest BCUT2D eigenvalue weighted by molar-refractivity contribution is 15.0. The summed E-state index contributed by atoms with van der Waals surface area (Å²) in [4.78, 5) is 76.8. The number of esters is 6. The van der Waals surface area contributed by atoms with Crippen molar-refractivity contribution in [3.05, 3.63) is 0 Å². The van der Waals surface area contributed by atoms with Crippen LogP contribution in [0.3, 0.4) is 0 Å². The maximum atomic E-state index is 12.8. The molecule has 6 fully saturated rings. The molecule has 2 aliphatic heterocycles. The second-order valence-corrected chi connectivity index (χ2v) is 19.9. The van der Waals surface area contributed by atoms with E-state index in [0.717, 1.165) is 30.6 Å². The number of carbonyl (C=O) groups is 6. The van der Waals surface area contributed by atoms with Gasteiger partial charge in [0.05, 0.1) is 32.5 Å². The van der Waals surface area contributed by atoms with Crippen molar-refractivity contribution in [2.75, 3.05) is 41.3 Å². The lowest BCUT2D eigenvalue weighted by Gasteiger charge is -2.45. The minimum atomic E-state index is -0.575. The normalized spacial score (nSPS) is 39.9. The molecule has 0 unspecified atom stereocenters. The largest absolute Gasteiger partial charge is 0.462 e. The van der Waals surface area contributed by atoms with Gasteiger partial charge in [0.15, 0.2) is 0 Å². The molecule has 374 valence electrons. The molecule has 0 amide bonds. The van der Waals surface area contributed by atoms with E-state index >= 15 is 0 Å². The zero-order valence-corrected chi connectivity index (χ0v) is 45.1. The van der Waals surface area contributed by atoms with E-state index in [1.165, 1.54) is 27.7 Å². The molecule has 0 aromatic heterocycles. The van der Waals surface area contributed by atoms with Gasteiger partial charge in [0, 0.05) is 88.2 Å². The molecule has 0 bridgehead atoms. The summed E-state index contributed by atoms with van der Waals surface area (Å²) in [5, 5.41) is 0. The molecule has 4 saturated carbocycles. The van der Waals surface area contributed by atoms with Gasteiger partial charge in [-0.2, -0.15) is 0 Å². The first-order chi connectivity index (χ1) is 27.9. The Kier molecular flexibility index (Phi) is 25.1. The van der Waals surface area contributed by atoms with E-state index in [-0.39, 0.29) is 154 Å². The van der Waals surface area contributed by atoms with Gasteiger partial charge in [0.1, 0.15) is 42.5 Å². The number of ether oxygens (including phenoxy) is 6. The Morgan fingerprint density at radius 3 is 1.25 bits per heavy atom. The highest BCUT2D eigenvalue weighted by Gasteiger charge is 2.69. The molecule has 64 heavy (non-hydrogen) atoms. The number of fused-ring (bicyclic) bond motifs is 4. The smallest absolute Gasteiger partial charge is 0.315 e. The Morgan fingerprint density at radius 2 is 0.938 bits per heavy atom. The third kappa shape index (κ3) is 12.8. The van der Waals surface area contributed by atoms with Crippen LogP contribution in [0.2, 0.25) is 0 Å². The molecule has 6 aliphatic rings. The van der Waals surface area contributed by atoms with Crippen molar-refractivity contribution in [2.45, 2.75) is 154 Å². The third-order valence-corrected chi connectivity index (χ3v) is 14.9. The number of hydrogen-bond acceptors (Lipinski definition) is 13. The van der Waals surface area contributed by atoms with Gasteiger partial charge in [-0.25, -0.2) is 0 Å². The van der Waals surface area contributed by atoms with Crippen molar-refractivity contribution in [3.8, 4) is 0 Å². The number of nitrogens with zero attached hydrogens (tertiary/aromatic N) is 1. The molecule has 2 saturated heterocycles. The maximum Gasteiger partial charge on any atom is 0.315 e. The summed E-state index contributed by atoms with van der Waals surface area (Å²) in [5.41, 5.74) is -1.14. The Bertz CT molecular complexity index is 1490. The lowest BCUT2D eigenvalue weighted by atomic mass is 9.65. The predicted molar refractivity (Wildman–Crippen MR) is 274 cm³/mol. The first-order valence-corrected chi connectivity index (χ1v) is 27.9. The molecule has 0 radical (unpaired) electrons. The number of rotatable bonds is 8. The zero-order chi connectivity index (χ0) is 45.3. The SMILES string of the molecule is C.C.C.CC(=O)O[C@H]1C[C@H](C)[C@H]2[C@H](C)C[C@@H]3OC(=O)[C@H](CN(C)C)[C@H]3[C@H](OC(C)=O)[C@@]21C.CC(=O)O[C@H]1C[C@H](C)[C@H]2[C@H](C)C[C@@H]3OC(=O)[C@H](C[NH+](C)C)[C@H]3[C@H](OC(C)=O)[C@@]21C.I.II. The van der Waals surface area contributed by atoms with Gasteiger partial charge in [-0.3, -0.25) is 28.8 Å². The third-order valence-electron chi connectivity index (χ3n) is 14.9. The molecular weight excluding hydrogens is 1170 g/mol. The van der Waals surface area contributed by atoms with Gasteiger partial charge in [-0.15, -0.1) is 24.0 Å². The Labute approximate surface area is 425 Å². The van der Waals surface area contributed by atoms with Crippen LogP contribution >= 0.6 is 61.2 Å².